The average molecular weight is 380 g/mol. The molecule has 1 heterocycles. The summed E-state index contributed by atoms with van der Waals surface area (Å²) in [6.45, 7) is 12.0. The van der Waals surface area contributed by atoms with Crippen molar-refractivity contribution < 1.29 is 4.43 Å². The van der Waals surface area contributed by atoms with Crippen molar-refractivity contribution in [3.8, 4) is 5.75 Å². The minimum absolute atomic E-state index is 0.188. The Morgan fingerprint density at radius 1 is 0.963 bits per heavy atom. The largest absolute Gasteiger partial charge is 0.544 e. The molecule has 3 aromatic rings. The van der Waals surface area contributed by atoms with Crippen molar-refractivity contribution in [2.24, 2.45) is 0 Å². The fourth-order valence-electron chi connectivity index (χ4n) is 2.52. The van der Waals surface area contributed by atoms with Crippen molar-refractivity contribution in [1.29, 1.82) is 0 Å². The second kappa shape index (κ2) is 7.60. The molecule has 5 heteroatoms. The van der Waals surface area contributed by atoms with Crippen LogP contribution >= 0.6 is 0 Å². The third kappa shape index (κ3) is 4.80. The highest BCUT2D eigenvalue weighted by Crippen LogP contribution is 2.37. The number of nitrogens with one attached hydrogen (secondary N) is 1. The number of rotatable bonds is 6. The smallest absolute Gasteiger partial charge is 0.250 e. The van der Waals surface area contributed by atoms with Crippen LogP contribution in [0.15, 0.2) is 66.9 Å². The second-order valence-corrected chi connectivity index (χ2v) is 13.1. The van der Waals surface area contributed by atoms with Gasteiger partial charge >= 0.3 is 0 Å². The zero-order valence-corrected chi connectivity index (χ0v) is 17.9. The molecule has 0 saturated carbocycles. The second-order valence-electron chi connectivity index (χ2n) is 8.37. The normalized spacial score (nSPS) is 12.0. The van der Waals surface area contributed by atoms with Crippen LogP contribution in [0.2, 0.25) is 18.1 Å². The summed E-state index contributed by atoms with van der Waals surface area (Å²) >= 11 is 0. The zero-order valence-electron chi connectivity index (χ0n) is 16.9. The number of nitrogens with zero attached hydrogens (tertiary/aromatic N) is 2. The van der Waals surface area contributed by atoms with Crippen molar-refractivity contribution in [3.63, 3.8) is 0 Å². The van der Waals surface area contributed by atoms with Crippen LogP contribution < -0.4 is 9.74 Å². The monoisotopic (exact) mass is 379 g/mol. The van der Waals surface area contributed by atoms with E-state index in [1.807, 2.05) is 47.3 Å². The van der Waals surface area contributed by atoms with Gasteiger partial charge in [0.15, 0.2) is 0 Å². The Hall–Kier alpha value is -2.53. The van der Waals surface area contributed by atoms with Crippen LogP contribution in [0.4, 0.5) is 11.5 Å². The van der Waals surface area contributed by atoms with Crippen LogP contribution in [0.5, 0.6) is 5.75 Å². The summed E-state index contributed by atoms with van der Waals surface area (Å²) in [5.41, 5.74) is 2.25. The standard InChI is InChI=1S/C22H29N3OSi/c1-22(2,3)27(4,5)26-20-13-11-19(12-14-20)24-21-15-16-23-25(21)17-18-9-7-6-8-10-18/h6-16,24H,17H2,1-5H3. The average Bonchev–Trinajstić information content (AvgIpc) is 3.03. The first kappa shape index (κ1) is 19.2. The molecule has 0 aliphatic rings. The van der Waals surface area contributed by atoms with Crippen LogP contribution in [0.25, 0.3) is 0 Å². The molecule has 27 heavy (non-hydrogen) atoms. The predicted molar refractivity (Wildman–Crippen MR) is 115 cm³/mol. The van der Waals surface area contributed by atoms with Gasteiger partial charge in [-0.25, -0.2) is 4.68 Å². The zero-order chi connectivity index (χ0) is 19.5. The van der Waals surface area contributed by atoms with Gasteiger partial charge in [0.05, 0.1) is 12.7 Å². The molecule has 142 valence electrons. The molecule has 0 spiro atoms. The lowest BCUT2D eigenvalue weighted by Crippen LogP contribution is -2.43. The molecule has 0 unspecified atom stereocenters. The highest BCUT2D eigenvalue weighted by atomic mass is 28.4. The van der Waals surface area contributed by atoms with E-state index in [1.54, 1.807) is 0 Å². The molecule has 3 rings (SSSR count). The van der Waals surface area contributed by atoms with Crippen LogP contribution in [-0.4, -0.2) is 18.1 Å². The van der Waals surface area contributed by atoms with Gasteiger partial charge in [0, 0.05) is 11.8 Å². The Balaban J connectivity index is 1.68. The van der Waals surface area contributed by atoms with Gasteiger partial charge in [-0.2, -0.15) is 5.10 Å². The summed E-state index contributed by atoms with van der Waals surface area (Å²) in [5.74, 6) is 1.90. The number of benzene rings is 2. The molecular weight excluding hydrogens is 350 g/mol. The molecular formula is C22H29N3OSi. The SMILES string of the molecule is CC(C)(C)[Si](C)(C)Oc1ccc(Nc2ccnn2Cc2ccccc2)cc1. The molecule has 0 aliphatic heterocycles. The lowest BCUT2D eigenvalue weighted by Gasteiger charge is -2.36. The first-order valence-electron chi connectivity index (χ1n) is 9.36. The minimum Gasteiger partial charge on any atom is -0.544 e. The molecule has 0 aliphatic carbocycles. The van der Waals surface area contributed by atoms with Gasteiger partial charge in [0.1, 0.15) is 11.6 Å². The highest BCUT2D eigenvalue weighted by molar-refractivity contribution is 6.74. The van der Waals surface area contributed by atoms with Crippen molar-refractivity contribution in [2.45, 2.75) is 45.4 Å². The van der Waals surface area contributed by atoms with Gasteiger partial charge in [0.2, 0.25) is 8.32 Å². The first-order valence-corrected chi connectivity index (χ1v) is 12.3. The van der Waals surface area contributed by atoms with E-state index < -0.39 is 8.32 Å². The highest BCUT2D eigenvalue weighted by Gasteiger charge is 2.38. The Morgan fingerprint density at radius 2 is 1.63 bits per heavy atom. The summed E-state index contributed by atoms with van der Waals surface area (Å²) in [5, 5.41) is 8.07. The lowest BCUT2D eigenvalue weighted by atomic mass is 10.2. The van der Waals surface area contributed by atoms with Crippen LogP contribution in [-0.2, 0) is 6.54 Å². The Morgan fingerprint density at radius 3 is 2.26 bits per heavy atom. The number of hydrogen-bond acceptors (Lipinski definition) is 3. The van der Waals surface area contributed by atoms with Crippen LogP contribution in [0, 0.1) is 0 Å². The summed E-state index contributed by atoms with van der Waals surface area (Å²) in [6, 6.07) is 20.5. The van der Waals surface area contributed by atoms with E-state index in [1.165, 1.54) is 5.56 Å². The van der Waals surface area contributed by atoms with E-state index in [-0.39, 0.29) is 5.04 Å². The van der Waals surface area contributed by atoms with Crippen molar-refractivity contribution >= 4 is 19.8 Å². The van der Waals surface area contributed by atoms with E-state index in [0.29, 0.717) is 0 Å². The summed E-state index contributed by atoms with van der Waals surface area (Å²) in [4.78, 5) is 0. The van der Waals surface area contributed by atoms with Gasteiger partial charge in [-0.15, -0.1) is 0 Å². The lowest BCUT2D eigenvalue weighted by molar-refractivity contribution is 0.492. The van der Waals surface area contributed by atoms with Gasteiger partial charge in [-0.3, -0.25) is 0 Å². The fourth-order valence-corrected chi connectivity index (χ4v) is 3.55. The summed E-state index contributed by atoms with van der Waals surface area (Å²) < 4.78 is 8.32. The third-order valence-electron chi connectivity index (χ3n) is 5.20. The molecule has 0 amide bonds. The van der Waals surface area contributed by atoms with E-state index >= 15 is 0 Å². The Labute approximate surface area is 163 Å². The molecule has 1 N–H and O–H groups in total. The summed E-state index contributed by atoms with van der Waals surface area (Å²) in [7, 11) is -1.81. The van der Waals surface area contributed by atoms with E-state index in [4.69, 9.17) is 4.43 Å². The first-order chi connectivity index (χ1) is 12.7. The molecule has 0 bridgehead atoms. The number of aromatic nitrogens is 2. The van der Waals surface area contributed by atoms with Crippen molar-refractivity contribution in [2.75, 3.05) is 5.32 Å². The number of hydrogen-bond donors (Lipinski definition) is 1. The predicted octanol–water partition coefficient (Wildman–Crippen LogP) is 6.06. The number of anilines is 2. The molecule has 0 saturated heterocycles. The van der Waals surface area contributed by atoms with Gasteiger partial charge in [-0.05, 0) is 48.0 Å². The Kier molecular flexibility index (Phi) is 5.42. The molecule has 2 aromatic carbocycles. The molecule has 0 fully saturated rings. The topological polar surface area (TPSA) is 39.1 Å². The van der Waals surface area contributed by atoms with Crippen molar-refractivity contribution in [3.05, 3.63) is 72.4 Å². The van der Waals surface area contributed by atoms with Gasteiger partial charge in [0.25, 0.3) is 0 Å². The van der Waals surface area contributed by atoms with Crippen molar-refractivity contribution in [1.82, 2.24) is 9.78 Å². The minimum atomic E-state index is -1.81. The molecule has 4 nitrogen and oxygen atoms in total. The van der Waals surface area contributed by atoms with Crippen LogP contribution in [0.1, 0.15) is 26.3 Å². The molecule has 0 atom stereocenters. The van der Waals surface area contributed by atoms with E-state index in [9.17, 15) is 0 Å². The fraction of sp³-hybridized carbons (Fsp3) is 0.318. The third-order valence-corrected chi connectivity index (χ3v) is 9.56. The van der Waals surface area contributed by atoms with Gasteiger partial charge in [-0.1, -0.05) is 51.1 Å². The maximum absolute atomic E-state index is 6.35. The van der Waals surface area contributed by atoms with E-state index in [2.05, 4.69) is 68.5 Å². The maximum Gasteiger partial charge on any atom is 0.250 e. The van der Waals surface area contributed by atoms with Crippen LogP contribution in [0.3, 0.4) is 0 Å². The Bertz CT molecular complexity index is 865. The summed E-state index contributed by atoms with van der Waals surface area (Å²) in [6.07, 6.45) is 1.82. The molecule has 1 aromatic heterocycles. The van der Waals surface area contributed by atoms with E-state index in [0.717, 1.165) is 23.8 Å². The van der Waals surface area contributed by atoms with Gasteiger partial charge < -0.3 is 9.74 Å². The quantitative estimate of drug-likeness (QED) is 0.529. The molecule has 0 radical (unpaired) electrons. The maximum atomic E-state index is 6.35.